The summed E-state index contributed by atoms with van der Waals surface area (Å²) in [4.78, 5) is 8.69. The number of hydrogen-bond acceptors (Lipinski definition) is 4. The van der Waals surface area contributed by atoms with Gasteiger partial charge < -0.3 is 15.5 Å². The van der Waals surface area contributed by atoms with Crippen LogP contribution in [0.2, 0.25) is 0 Å². The van der Waals surface area contributed by atoms with Crippen LogP contribution < -0.4 is 11.1 Å². The number of nitrogens with one attached hydrogen (secondary N) is 1. The molecular formula is C15H17N5. The van der Waals surface area contributed by atoms with Gasteiger partial charge in [0.05, 0.1) is 12.2 Å². The molecule has 0 fully saturated rings. The van der Waals surface area contributed by atoms with E-state index in [0.717, 1.165) is 12.1 Å². The molecule has 0 bridgehead atoms. The topological polar surface area (TPSA) is 68.2 Å². The number of aromatic nitrogens is 3. The summed E-state index contributed by atoms with van der Waals surface area (Å²) in [6.45, 7) is 2.14. The van der Waals surface area contributed by atoms with E-state index < -0.39 is 0 Å². The molecule has 0 aliphatic rings. The van der Waals surface area contributed by atoms with Crippen LogP contribution in [0.3, 0.4) is 0 Å². The van der Waals surface area contributed by atoms with Crippen molar-refractivity contribution in [2.45, 2.75) is 19.4 Å². The smallest absolute Gasteiger partial charge is 0.180 e. The number of rotatable bonds is 4. The summed E-state index contributed by atoms with van der Waals surface area (Å²) in [5.74, 6) is 1.19. The number of nitrogens with zero attached hydrogens (tertiary/aromatic N) is 3. The van der Waals surface area contributed by atoms with Crippen LogP contribution in [0.15, 0.2) is 48.9 Å². The quantitative estimate of drug-likeness (QED) is 0.762. The zero-order valence-electron chi connectivity index (χ0n) is 11.3. The second kappa shape index (κ2) is 5.21. The number of nitrogen functional groups attached to an aromatic ring is 1. The van der Waals surface area contributed by atoms with Crippen LogP contribution >= 0.6 is 0 Å². The fraction of sp³-hybridized carbons (Fsp3) is 0.200. The molecule has 2 heterocycles. The van der Waals surface area contributed by atoms with Gasteiger partial charge in [-0.1, -0.05) is 37.3 Å². The van der Waals surface area contributed by atoms with Crippen molar-refractivity contribution in [3.05, 3.63) is 54.5 Å². The Bertz CT molecular complexity index is 705. The molecule has 3 rings (SSSR count). The zero-order chi connectivity index (χ0) is 13.9. The van der Waals surface area contributed by atoms with Crippen molar-refractivity contribution in [3.8, 4) is 0 Å². The van der Waals surface area contributed by atoms with Gasteiger partial charge in [0.15, 0.2) is 11.5 Å². The molecule has 102 valence electrons. The second-order valence-electron chi connectivity index (χ2n) is 4.69. The largest absolute Gasteiger partial charge is 0.382 e. The first-order valence-corrected chi connectivity index (χ1v) is 6.68. The SMILES string of the molecule is CCC(Nc1nc(N)cn2ccnc12)c1ccccc1. The highest BCUT2D eigenvalue weighted by atomic mass is 15.1. The van der Waals surface area contributed by atoms with E-state index in [1.165, 1.54) is 5.56 Å². The first kappa shape index (κ1) is 12.5. The predicted octanol–water partition coefficient (Wildman–Crippen LogP) is 2.87. The van der Waals surface area contributed by atoms with Gasteiger partial charge in [-0.15, -0.1) is 0 Å². The Morgan fingerprint density at radius 2 is 2.10 bits per heavy atom. The van der Waals surface area contributed by atoms with E-state index in [-0.39, 0.29) is 6.04 Å². The fourth-order valence-electron chi connectivity index (χ4n) is 2.32. The number of imidazole rings is 1. The van der Waals surface area contributed by atoms with Crippen molar-refractivity contribution in [3.63, 3.8) is 0 Å². The van der Waals surface area contributed by atoms with Gasteiger partial charge in [-0.05, 0) is 12.0 Å². The molecule has 1 atom stereocenters. The highest BCUT2D eigenvalue weighted by Gasteiger charge is 2.13. The van der Waals surface area contributed by atoms with Crippen molar-refractivity contribution in [1.29, 1.82) is 0 Å². The average molecular weight is 267 g/mol. The van der Waals surface area contributed by atoms with Gasteiger partial charge in [0, 0.05) is 12.4 Å². The molecule has 0 radical (unpaired) electrons. The third kappa shape index (κ3) is 2.30. The van der Waals surface area contributed by atoms with E-state index >= 15 is 0 Å². The molecule has 1 unspecified atom stereocenters. The van der Waals surface area contributed by atoms with Gasteiger partial charge >= 0.3 is 0 Å². The minimum atomic E-state index is 0.186. The normalized spacial score (nSPS) is 12.4. The lowest BCUT2D eigenvalue weighted by atomic mass is 10.0. The highest BCUT2D eigenvalue weighted by molar-refractivity contribution is 5.65. The number of fused-ring (bicyclic) bond motifs is 1. The Morgan fingerprint density at radius 1 is 1.30 bits per heavy atom. The van der Waals surface area contributed by atoms with Crippen LogP contribution in [0, 0.1) is 0 Å². The van der Waals surface area contributed by atoms with Crippen LogP contribution in [0.25, 0.3) is 5.65 Å². The molecule has 3 aromatic rings. The Hall–Kier alpha value is -2.56. The monoisotopic (exact) mass is 267 g/mol. The third-order valence-corrected chi connectivity index (χ3v) is 3.31. The minimum absolute atomic E-state index is 0.186. The van der Waals surface area contributed by atoms with Gasteiger partial charge in [0.2, 0.25) is 0 Å². The summed E-state index contributed by atoms with van der Waals surface area (Å²) < 4.78 is 1.88. The van der Waals surface area contributed by atoms with Crippen molar-refractivity contribution < 1.29 is 0 Å². The van der Waals surface area contributed by atoms with Gasteiger partial charge in [0.1, 0.15) is 5.82 Å². The van der Waals surface area contributed by atoms with E-state index in [4.69, 9.17) is 5.73 Å². The summed E-state index contributed by atoms with van der Waals surface area (Å²) in [6.07, 6.45) is 6.32. The number of benzene rings is 1. The first-order valence-electron chi connectivity index (χ1n) is 6.68. The summed E-state index contributed by atoms with van der Waals surface area (Å²) in [7, 11) is 0. The average Bonchev–Trinajstić information content (AvgIpc) is 2.93. The van der Waals surface area contributed by atoms with Gasteiger partial charge in [-0.3, -0.25) is 0 Å². The van der Waals surface area contributed by atoms with E-state index in [1.807, 2.05) is 28.8 Å². The molecule has 0 saturated carbocycles. The Labute approximate surface area is 117 Å². The fourth-order valence-corrected chi connectivity index (χ4v) is 2.32. The lowest BCUT2D eigenvalue weighted by Crippen LogP contribution is -2.12. The molecule has 20 heavy (non-hydrogen) atoms. The van der Waals surface area contributed by atoms with Crippen molar-refractivity contribution in [2.24, 2.45) is 0 Å². The molecule has 2 aromatic heterocycles. The van der Waals surface area contributed by atoms with Crippen LogP contribution in [0.4, 0.5) is 11.6 Å². The lowest BCUT2D eigenvalue weighted by Gasteiger charge is -2.18. The second-order valence-corrected chi connectivity index (χ2v) is 4.69. The molecular weight excluding hydrogens is 250 g/mol. The molecule has 5 heteroatoms. The molecule has 0 amide bonds. The van der Waals surface area contributed by atoms with Crippen LogP contribution in [0.1, 0.15) is 24.9 Å². The minimum Gasteiger partial charge on any atom is -0.382 e. The highest BCUT2D eigenvalue weighted by Crippen LogP contribution is 2.24. The van der Waals surface area contributed by atoms with E-state index in [9.17, 15) is 0 Å². The number of anilines is 2. The molecule has 5 nitrogen and oxygen atoms in total. The zero-order valence-corrected chi connectivity index (χ0v) is 11.3. The van der Waals surface area contributed by atoms with Crippen molar-refractivity contribution in [1.82, 2.24) is 14.4 Å². The summed E-state index contributed by atoms with van der Waals surface area (Å²) in [6, 6.07) is 10.5. The molecule has 1 aromatic carbocycles. The van der Waals surface area contributed by atoms with E-state index in [2.05, 4.69) is 34.3 Å². The molecule has 0 aliphatic heterocycles. The summed E-state index contributed by atoms with van der Waals surface area (Å²) >= 11 is 0. The first-order chi connectivity index (χ1) is 9.78. The summed E-state index contributed by atoms with van der Waals surface area (Å²) in [5, 5.41) is 3.44. The molecule has 0 spiro atoms. The number of hydrogen-bond donors (Lipinski definition) is 2. The van der Waals surface area contributed by atoms with Gasteiger partial charge in [0.25, 0.3) is 0 Å². The van der Waals surface area contributed by atoms with E-state index in [1.54, 1.807) is 12.4 Å². The Kier molecular flexibility index (Phi) is 3.25. The maximum Gasteiger partial charge on any atom is 0.180 e. The van der Waals surface area contributed by atoms with Crippen LogP contribution in [-0.2, 0) is 0 Å². The summed E-state index contributed by atoms with van der Waals surface area (Å²) in [5.41, 5.74) is 7.85. The van der Waals surface area contributed by atoms with Gasteiger partial charge in [-0.2, -0.15) is 0 Å². The maximum absolute atomic E-state index is 5.84. The van der Waals surface area contributed by atoms with E-state index in [0.29, 0.717) is 11.6 Å². The molecule has 0 saturated heterocycles. The van der Waals surface area contributed by atoms with Gasteiger partial charge in [-0.25, -0.2) is 9.97 Å². The lowest BCUT2D eigenvalue weighted by molar-refractivity contribution is 0.745. The number of nitrogens with two attached hydrogens (primary N) is 1. The van der Waals surface area contributed by atoms with Crippen molar-refractivity contribution >= 4 is 17.3 Å². The Balaban J connectivity index is 1.97. The van der Waals surface area contributed by atoms with Crippen LogP contribution in [0.5, 0.6) is 0 Å². The third-order valence-electron chi connectivity index (χ3n) is 3.31. The molecule has 3 N–H and O–H groups in total. The maximum atomic E-state index is 5.84. The van der Waals surface area contributed by atoms with Crippen molar-refractivity contribution in [2.75, 3.05) is 11.1 Å². The molecule has 0 aliphatic carbocycles. The van der Waals surface area contributed by atoms with Crippen LogP contribution in [-0.4, -0.2) is 14.4 Å². The predicted molar refractivity (Wildman–Crippen MR) is 80.5 cm³/mol. The Morgan fingerprint density at radius 3 is 2.85 bits per heavy atom. The standard InChI is InChI=1S/C15H17N5/c1-2-12(11-6-4-3-5-7-11)18-14-15-17-8-9-20(15)10-13(16)19-14/h3-10,12H,2,16H2,1H3,(H,18,19).